The molecule has 2 heterocycles. The molecule has 14 heavy (non-hydrogen) atoms. The number of carbonyl (C=O) groups is 1. The maximum absolute atomic E-state index is 11.5. The predicted octanol–water partition coefficient (Wildman–Crippen LogP) is 2.11. The molecule has 0 aromatic rings. The second-order valence-electron chi connectivity index (χ2n) is 5.09. The van der Waals surface area contributed by atoms with E-state index in [0.29, 0.717) is 5.78 Å². The van der Waals surface area contributed by atoms with Crippen LogP contribution in [0.15, 0.2) is 12.3 Å². The van der Waals surface area contributed by atoms with E-state index < -0.39 is 0 Å². The van der Waals surface area contributed by atoms with Gasteiger partial charge in [0.25, 0.3) is 0 Å². The van der Waals surface area contributed by atoms with Gasteiger partial charge in [0.05, 0.1) is 5.54 Å². The number of hydrogen-bond acceptors (Lipinski definition) is 2. The highest BCUT2D eigenvalue weighted by atomic mass is 16.1. The van der Waals surface area contributed by atoms with E-state index in [0.717, 1.165) is 5.92 Å². The Morgan fingerprint density at radius 1 is 1.36 bits per heavy atom. The van der Waals surface area contributed by atoms with Crippen LogP contribution in [0.5, 0.6) is 0 Å². The summed E-state index contributed by atoms with van der Waals surface area (Å²) in [6.45, 7) is 2.27. The van der Waals surface area contributed by atoms with Crippen molar-refractivity contribution in [2.24, 2.45) is 5.92 Å². The molecule has 0 radical (unpaired) electrons. The molecule has 0 N–H and O–H groups in total. The first-order valence-electron chi connectivity index (χ1n) is 5.75. The Kier molecular flexibility index (Phi) is 1.59. The molecular formula is C12H17NO. The fourth-order valence-electron chi connectivity index (χ4n) is 3.47. The van der Waals surface area contributed by atoms with Crippen LogP contribution < -0.4 is 0 Å². The van der Waals surface area contributed by atoms with Crippen LogP contribution in [0, 0.1) is 5.92 Å². The third-order valence-electron chi connectivity index (χ3n) is 4.42. The first-order chi connectivity index (χ1) is 6.74. The molecular weight excluding hydrogens is 174 g/mol. The lowest BCUT2D eigenvalue weighted by molar-refractivity contribution is -0.114. The van der Waals surface area contributed by atoms with Crippen molar-refractivity contribution in [2.75, 3.05) is 0 Å². The minimum absolute atomic E-state index is 0.201. The Bertz CT molecular complexity index is 303. The highest BCUT2D eigenvalue weighted by molar-refractivity contribution is 6.01. The van der Waals surface area contributed by atoms with Crippen molar-refractivity contribution >= 4 is 5.78 Å². The third-order valence-corrected chi connectivity index (χ3v) is 4.42. The molecule has 2 nitrogen and oxygen atoms in total. The van der Waals surface area contributed by atoms with E-state index in [1.54, 1.807) is 6.08 Å². The second kappa shape index (κ2) is 2.62. The molecule has 0 amide bonds. The first-order valence-corrected chi connectivity index (χ1v) is 5.75. The van der Waals surface area contributed by atoms with E-state index in [1.165, 1.54) is 32.1 Å². The van der Waals surface area contributed by atoms with Crippen LogP contribution in [0.25, 0.3) is 0 Å². The molecule has 2 atom stereocenters. The summed E-state index contributed by atoms with van der Waals surface area (Å²) in [6, 6.07) is 0.214. The Balaban J connectivity index is 1.79. The van der Waals surface area contributed by atoms with Gasteiger partial charge in [0.15, 0.2) is 5.78 Å². The normalized spacial score (nSPS) is 41.6. The molecule has 3 rings (SSSR count). The molecule has 2 unspecified atom stereocenters. The Hall–Kier alpha value is -0.790. The molecule has 2 aliphatic heterocycles. The van der Waals surface area contributed by atoms with E-state index >= 15 is 0 Å². The van der Waals surface area contributed by atoms with Crippen LogP contribution in [0.3, 0.4) is 0 Å². The van der Waals surface area contributed by atoms with Crippen molar-refractivity contribution < 1.29 is 4.79 Å². The summed E-state index contributed by atoms with van der Waals surface area (Å²) < 4.78 is 0. The average molecular weight is 191 g/mol. The van der Waals surface area contributed by atoms with Crippen LogP contribution in [0.2, 0.25) is 0 Å². The van der Waals surface area contributed by atoms with Crippen molar-refractivity contribution in [1.29, 1.82) is 0 Å². The lowest BCUT2D eigenvalue weighted by atomic mass is 9.78. The van der Waals surface area contributed by atoms with Crippen molar-refractivity contribution in [2.45, 2.75) is 50.6 Å². The van der Waals surface area contributed by atoms with Crippen LogP contribution in [0.1, 0.15) is 39.0 Å². The topological polar surface area (TPSA) is 20.1 Å². The number of ketones is 1. The predicted molar refractivity (Wildman–Crippen MR) is 54.8 cm³/mol. The Morgan fingerprint density at radius 3 is 2.64 bits per heavy atom. The van der Waals surface area contributed by atoms with Gasteiger partial charge in [0.1, 0.15) is 6.04 Å². The van der Waals surface area contributed by atoms with Crippen molar-refractivity contribution in [3.63, 3.8) is 0 Å². The highest BCUT2D eigenvalue weighted by Crippen LogP contribution is 2.54. The molecule has 0 aromatic carbocycles. The zero-order valence-electron chi connectivity index (χ0n) is 8.70. The van der Waals surface area contributed by atoms with E-state index in [-0.39, 0.29) is 11.6 Å². The largest absolute Gasteiger partial charge is 0.357 e. The summed E-state index contributed by atoms with van der Waals surface area (Å²) in [4.78, 5) is 13.8. The van der Waals surface area contributed by atoms with E-state index in [2.05, 4.69) is 11.8 Å². The molecule has 2 heteroatoms. The van der Waals surface area contributed by atoms with Crippen molar-refractivity contribution in [3.05, 3.63) is 12.3 Å². The standard InChI is InChI=1S/C12H17NO/c1-12(9-5-3-2-4-6-9)11-10(14)7-8-13(11)12/h7-9,11H,2-6H2,1H3. The van der Waals surface area contributed by atoms with E-state index in [9.17, 15) is 4.79 Å². The summed E-state index contributed by atoms with van der Waals surface area (Å²) >= 11 is 0. The molecule has 0 spiro atoms. The molecule has 76 valence electrons. The number of hydrogen-bond donors (Lipinski definition) is 0. The maximum Gasteiger partial charge on any atom is 0.181 e. The summed E-state index contributed by atoms with van der Waals surface area (Å²) in [6.07, 6.45) is 10.5. The maximum atomic E-state index is 11.5. The van der Waals surface area contributed by atoms with Gasteiger partial charge in [-0.2, -0.15) is 0 Å². The number of fused-ring (bicyclic) bond motifs is 1. The average Bonchev–Trinajstić information content (AvgIpc) is 2.61. The van der Waals surface area contributed by atoms with Crippen LogP contribution in [-0.2, 0) is 4.79 Å². The smallest absolute Gasteiger partial charge is 0.181 e. The summed E-state index contributed by atoms with van der Waals surface area (Å²) in [7, 11) is 0. The minimum Gasteiger partial charge on any atom is -0.357 e. The monoisotopic (exact) mass is 191 g/mol. The van der Waals surface area contributed by atoms with Gasteiger partial charge < -0.3 is 4.90 Å². The molecule has 3 aliphatic rings. The zero-order valence-corrected chi connectivity index (χ0v) is 8.70. The third kappa shape index (κ3) is 0.891. The molecule has 1 saturated heterocycles. The summed E-state index contributed by atoms with van der Waals surface area (Å²) in [5.41, 5.74) is 0.201. The van der Waals surface area contributed by atoms with Gasteiger partial charge in [-0.05, 0) is 31.8 Å². The number of rotatable bonds is 1. The number of carbonyl (C=O) groups excluding carboxylic acids is 1. The zero-order chi connectivity index (χ0) is 9.76. The molecule has 1 saturated carbocycles. The fraction of sp³-hybridized carbons (Fsp3) is 0.750. The molecule has 1 aliphatic carbocycles. The van der Waals surface area contributed by atoms with Crippen LogP contribution in [0.4, 0.5) is 0 Å². The lowest BCUT2D eigenvalue weighted by Gasteiger charge is -2.28. The summed E-state index contributed by atoms with van der Waals surface area (Å²) in [5, 5.41) is 0. The Morgan fingerprint density at radius 2 is 2.07 bits per heavy atom. The fourth-order valence-corrected chi connectivity index (χ4v) is 3.47. The second-order valence-corrected chi connectivity index (χ2v) is 5.09. The first kappa shape index (κ1) is 8.51. The van der Waals surface area contributed by atoms with Gasteiger partial charge in [-0.15, -0.1) is 0 Å². The molecule has 2 fully saturated rings. The van der Waals surface area contributed by atoms with Crippen molar-refractivity contribution in [1.82, 2.24) is 4.90 Å². The van der Waals surface area contributed by atoms with Gasteiger partial charge in [-0.3, -0.25) is 4.79 Å². The van der Waals surface area contributed by atoms with E-state index in [1.807, 2.05) is 6.20 Å². The van der Waals surface area contributed by atoms with Gasteiger partial charge >= 0.3 is 0 Å². The van der Waals surface area contributed by atoms with Gasteiger partial charge in [-0.1, -0.05) is 19.3 Å². The van der Waals surface area contributed by atoms with Gasteiger partial charge in [0.2, 0.25) is 0 Å². The Labute approximate surface area is 85.0 Å². The lowest BCUT2D eigenvalue weighted by Crippen LogP contribution is -2.30. The molecule has 0 aromatic heterocycles. The van der Waals surface area contributed by atoms with Gasteiger partial charge in [-0.25, -0.2) is 0 Å². The van der Waals surface area contributed by atoms with E-state index in [4.69, 9.17) is 0 Å². The van der Waals surface area contributed by atoms with Crippen molar-refractivity contribution in [3.8, 4) is 0 Å². The summed E-state index contributed by atoms with van der Waals surface area (Å²) in [5.74, 6) is 1.09. The van der Waals surface area contributed by atoms with Crippen LogP contribution >= 0.6 is 0 Å². The van der Waals surface area contributed by atoms with Gasteiger partial charge in [0, 0.05) is 6.20 Å². The SMILES string of the molecule is CC1(C2CCCCC2)C2C(=O)C=CN21. The quantitative estimate of drug-likeness (QED) is 0.591. The molecule has 0 bridgehead atoms. The highest BCUT2D eigenvalue weighted by Gasteiger charge is 2.66. The number of nitrogens with zero attached hydrogens (tertiary/aromatic N) is 1. The minimum atomic E-state index is 0.201. The van der Waals surface area contributed by atoms with Crippen LogP contribution in [-0.4, -0.2) is 22.3 Å².